The number of benzene rings is 1. The van der Waals surface area contributed by atoms with Gasteiger partial charge in [-0.1, -0.05) is 13.8 Å². The molecule has 1 atom stereocenters. The summed E-state index contributed by atoms with van der Waals surface area (Å²) >= 11 is 0. The molecule has 1 aromatic rings. The molecule has 5 nitrogen and oxygen atoms in total. The van der Waals surface area contributed by atoms with Crippen molar-refractivity contribution >= 4 is 5.91 Å². The predicted octanol–water partition coefficient (Wildman–Crippen LogP) is 2.02. The summed E-state index contributed by atoms with van der Waals surface area (Å²) in [6.45, 7) is 4.78. The fourth-order valence-corrected chi connectivity index (χ4v) is 2.43. The number of likely N-dealkylation sites (N-methyl/N-ethyl adjacent to an activating group) is 1. The molecule has 0 saturated carbocycles. The second-order valence-electron chi connectivity index (χ2n) is 5.22. The Bertz CT molecular complexity index is 486. The average Bonchev–Trinajstić information content (AvgIpc) is 2.92. The van der Waals surface area contributed by atoms with Gasteiger partial charge in [-0.2, -0.15) is 0 Å². The normalized spacial score (nSPS) is 16.5. The van der Waals surface area contributed by atoms with E-state index in [0.29, 0.717) is 12.4 Å². The van der Waals surface area contributed by atoms with Gasteiger partial charge in [0.2, 0.25) is 0 Å². The highest BCUT2D eigenvalue weighted by Crippen LogP contribution is 2.34. The van der Waals surface area contributed by atoms with Crippen LogP contribution in [-0.2, 0) is 4.79 Å². The maximum Gasteiger partial charge on any atom is 0.258 e. The lowest BCUT2D eigenvalue weighted by atomic mass is 10.1. The van der Waals surface area contributed by atoms with Crippen molar-refractivity contribution in [3.8, 4) is 11.5 Å². The van der Waals surface area contributed by atoms with E-state index in [1.807, 2.05) is 25.2 Å². The molecule has 0 fully saturated rings. The molecule has 0 aromatic heterocycles. The fraction of sp³-hybridized carbons (Fsp3) is 0.562. The van der Waals surface area contributed by atoms with Gasteiger partial charge in [0.1, 0.15) is 18.1 Å². The van der Waals surface area contributed by atoms with Crippen LogP contribution in [0.3, 0.4) is 0 Å². The molecule has 0 radical (unpaired) electrons. The van der Waals surface area contributed by atoms with Crippen LogP contribution < -0.4 is 20.1 Å². The Hall–Kier alpha value is -1.75. The fourth-order valence-electron chi connectivity index (χ4n) is 2.43. The monoisotopic (exact) mass is 292 g/mol. The third-order valence-electron chi connectivity index (χ3n) is 3.84. The average molecular weight is 292 g/mol. The molecule has 1 heterocycles. The third kappa shape index (κ3) is 3.88. The van der Waals surface area contributed by atoms with Crippen molar-refractivity contribution in [3.05, 3.63) is 23.8 Å². The minimum atomic E-state index is -0.0850. The number of hydrogen-bond acceptors (Lipinski definition) is 4. The van der Waals surface area contributed by atoms with Gasteiger partial charge in [0.25, 0.3) is 5.91 Å². The van der Waals surface area contributed by atoms with Crippen molar-refractivity contribution < 1.29 is 14.3 Å². The molecule has 1 aliphatic rings. The highest BCUT2D eigenvalue weighted by Gasteiger charge is 2.23. The first-order valence-corrected chi connectivity index (χ1v) is 7.54. The molecule has 1 amide bonds. The van der Waals surface area contributed by atoms with Gasteiger partial charge in [0.15, 0.2) is 6.61 Å². The van der Waals surface area contributed by atoms with Gasteiger partial charge < -0.3 is 20.1 Å². The Kier molecular flexibility index (Phi) is 5.44. The standard InChI is InChI=1S/C16H24N2O3/c1-4-11(5-2)18-16(19)10-20-12-6-7-13-14(17-3)9-21-15(13)8-12/h6-8,11,14,17H,4-5,9-10H2,1-3H3,(H,18,19). The van der Waals surface area contributed by atoms with Crippen molar-refractivity contribution in [1.82, 2.24) is 10.6 Å². The maximum atomic E-state index is 11.8. The first kappa shape index (κ1) is 15.6. The van der Waals surface area contributed by atoms with Gasteiger partial charge in [-0.15, -0.1) is 0 Å². The number of hydrogen-bond donors (Lipinski definition) is 2. The van der Waals surface area contributed by atoms with Crippen LogP contribution in [0.2, 0.25) is 0 Å². The lowest BCUT2D eigenvalue weighted by Gasteiger charge is -2.15. The van der Waals surface area contributed by atoms with Gasteiger partial charge in [-0.3, -0.25) is 4.79 Å². The van der Waals surface area contributed by atoms with Gasteiger partial charge >= 0.3 is 0 Å². The maximum absolute atomic E-state index is 11.8. The minimum absolute atomic E-state index is 0.0325. The number of rotatable bonds is 7. The highest BCUT2D eigenvalue weighted by atomic mass is 16.5. The second kappa shape index (κ2) is 7.31. The largest absolute Gasteiger partial charge is 0.491 e. The molecule has 1 aliphatic heterocycles. The Morgan fingerprint density at radius 3 is 2.86 bits per heavy atom. The zero-order valence-electron chi connectivity index (χ0n) is 12.9. The molecule has 2 N–H and O–H groups in total. The SMILES string of the molecule is CCC(CC)NC(=O)COc1ccc2c(c1)OCC2NC. The number of carbonyl (C=O) groups excluding carboxylic acids is 1. The Morgan fingerprint density at radius 1 is 1.43 bits per heavy atom. The van der Waals surface area contributed by atoms with Gasteiger partial charge in [-0.25, -0.2) is 0 Å². The third-order valence-corrected chi connectivity index (χ3v) is 3.84. The minimum Gasteiger partial charge on any atom is -0.491 e. The summed E-state index contributed by atoms with van der Waals surface area (Å²) in [4.78, 5) is 11.8. The van der Waals surface area contributed by atoms with E-state index < -0.39 is 0 Å². The lowest BCUT2D eigenvalue weighted by Crippen LogP contribution is -2.37. The summed E-state index contributed by atoms with van der Waals surface area (Å²) in [5, 5.41) is 6.14. The molecule has 116 valence electrons. The van der Waals surface area contributed by atoms with E-state index in [1.54, 1.807) is 0 Å². The van der Waals surface area contributed by atoms with Gasteiger partial charge in [0, 0.05) is 17.7 Å². The van der Waals surface area contributed by atoms with Crippen LogP contribution in [0.15, 0.2) is 18.2 Å². The zero-order chi connectivity index (χ0) is 15.2. The van der Waals surface area contributed by atoms with Crippen LogP contribution in [0.5, 0.6) is 11.5 Å². The Labute approximate surface area is 126 Å². The Morgan fingerprint density at radius 2 is 2.19 bits per heavy atom. The van der Waals surface area contributed by atoms with Crippen molar-refractivity contribution in [2.45, 2.75) is 38.8 Å². The summed E-state index contributed by atoms with van der Waals surface area (Å²) in [5.41, 5.74) is 1.13. The number of carbonyl (C=O) groups is 1. The molecule has 0 saturated heterocycles. The van der Waals surface area contributed by atoms with E-state index in [2.05, 4.69) is 24.5 Å². The van der Waals surface area contributed by atoms with Crippen LogP contribution in [0.1, 0.15) is 38.3 Å². The molecule has 0 bridgehead atoms. The van der Waals surface area contributed by atoms with Crippen molar-refractivity contribution in [3.63, 3.8) is 0 Å². The molecule has 0 aliphatic carbocycles. The summed E-state index contributed by atoms with van der Waals surface area (Å²) in [6, 6.07) is 6.16. The van der Waals surface area contributed by atoms with Crippen LogP contribution in [0.25, 0.3) is 0 Å². The first-order chi connectivity index (χ1) is 10.2. The number of amides is 1. The van der Waals surface area contributed by atoms with Crippen LogP contribution in [0.4, 0.5) is 0 Å². The predicted molar refractivity (Wildman–Crippen MR) is 81.7 cm³/mol. The van der Waals surface area contributed by atoms with Crippen molar-refractivity contribution in [2.24, 2.45) is 0 Å². The molecule has 2 rings (SSSR count). The number of nitrogens with one attached hydrogen (secondary N) is 2. The summed E-state index contributed by atoms with van der Waals surface area (Å²) in [5.74, 6) is 1.40. The molecular weight excluding hydrogens is 268 g/mol. The highest BCUT2D eigenvalue weighted by molar-refractivity contribution is 5.77. The van der Waals surface area contributed by atoms with Crippen LogP contribution in [-0.4, -0.2) is 32.2 Å². The van der Waals surface area contributed by atoms with Gasteiger partial charge in [0.05, 0.1) is 6.04 Å². The lowest BCUT2D eigenvalue weighted by molar-refractivity contribution is -0.123. The smallest absolute Gasteiger partial charge is 0.258 e. The molecular formula is C16H24N2O3. The van der Waals surface area contributed by atoms with Gasteiger partial charge in [-0.05, 0) is 32.0 Å². The zero-order valence-corrected chi connectivity index (χ0v) is 12.9. The summed E-state index contributed by atoms with van der Waals surface area (Å²) in [7, 11) is 1.91. The van der Waals surface area contributed by atoms with E-state index in [4.69, 9.17) is 9.47 Å². The van der Waals surface area contributed by atoms with Crippen molar-refractivity contribution in [2.75, 3.05) is 20.3 Å². The molecule has 5 heteroatoms. The molecule has 1 unspecified atom stereocenters. The summed E-state index contributed by atoms with van der Waals surface area (Å²) < 4.78 is 11.1. The molecule has 0 spiro atoms. The van der Waals surface area contributed by atoms with E-state index in [9.17, 15) is 4.79 Å². The number of ether oxygens (including phenoxy) is 2. The van der Waals surface area contributed by atoms with Crippen molar-refractivity contribution in [1.29, 1.82) is 0 Å². The molecule has 1 aromatic carbocycles. The van der Waals surface area contributed by atoms with Crippen LogP contribution >= 0.6 is 0 Å². The van der Waals surface area contributed by atoms with E-state index in [-0.39, 0.29) is 24.6 Å². The van der Waals surface area contributed by atoms with E-state index >= 15 is 0 Å². The first-order valence-electron chi connectivity index (χ1n) is 7.54. The Balaban J connectivity index is 1.88. The van der Waals surface area contributed by atoms with E-state index in [1.165, 1.54) is 0 Å². The summed E-state index contributed by atoms with van der Waals surface area (Å²) in [6.07, 6.45) is 1.86. The number of fused-ring (bicyclic) bond motifs is 1. The molecule has 21 heavy (non-hydrogen) atoms. The topological polar surface area (TPSA) is 59.6 Å². The quantitative estimate of drug-likeness (QED) is 0.807. The van der Waals surface area contributed by atoms with Crippen LogP contribution in [0, 0.1) is 0 Å². The van der Waals surface area contributed by atoms with E-state index in [0.717, 1.165) is 24.2 Å². The second-order valence-corrected chi connectivity index (χ2v) is 5.22.